The quantitative estimate of drug-likeness (QED) is 0.744. The predicted molar refractivity (Wildman–Crippen MR) is 65.1 cm³/mol. The Kier molecular flexibility index (Phi) is 5.06. The number of hydrogen-bond acceptors (Lipinski definition) is 4. The second kappa shape index (κ2) is 6.33. The molecule has 0 aliphatic heterocycles. The lowest BCUT2D eigenvalue weighted by Crippen LogP contribution is -2.14. The van der Waals surface area contributed by atoms with Gasteiger partial charge in [-0.1, -0.05) is 0 Å². The Balaban J connectivity index is 0.000000160. The molecule has 0 bridgehead atoms. The molecule has 84 valence electrons. The summed E-state index contributed by atoms with van der Waals surface area (Å²) in [5, 5.41) is 11.6. The molecule has 0 aliphatic carbocycles. The van der Waals surface area contributed by atoms with E-state index in [1.807, 2.05) is 12.1 Å². The minimum absolute atomic E-state index is 0.301. The fraction of sp³-hybridized carbons (Fsp3) is 0. The largest absolute Gasteiger partial charge is 0.268 e. The van der Waals surface area contributed by atoms with E-state index in [0.717, 1.165) is 9.21 Å². The first-order chi connectivity index (χ1) is 7.58. The zero-order valence-electron chi connectivity index (χ0n) is 7.78. The smallest absolute Gasteiger partial charge is 0.262 e. The number of aromatic amines is 2. The van der Waals surface area contributed by atoms with Gasteiger partial charge in [0.05, 0.1) is 0 Å². The van der Waals surface area contributed by atoms with Crippen LogP contribution in [-0.4, -0.2) is 20.4 Å². The van der Waals surface area contributed by atoms with Gasteiger partial charge < -0.3 is 0 Å². The van der Waals surface area contributed by atoms with Crippen molar-refractivity contribution in [3.63, 3.8) is 0 Å². The molecule has 2 aromatic heterocycles. The van der Waals surface area contributed by atoms with Gasteiger partial charge in [-0.2, -0.15) is 0 Å². The normalized spacial score (nSPS) is 9.12. The second-order valence-corrected chi connectivity index (χ2v) is 4.12. The van der Waals surface area contributed by atoms with Crippen molar-refractivity contribution in [2.45, 2.75) is 0 Å². The third-order valence-electron chi connectivity index (χ3n) is 1.29. The molecule has 0 atom stereocenters. The van der Waals surface area contributed by atoms with E-state index in [0.29, 0.717) is 0 Å². The van der Waals surface area contributed by atoms with E-state index in [1.54, 1.807) is 0 Å². The maximum Gasteiger partial charge on any atom is 0.262 e. The second-order valence-electron chi connectivity index (χ2n) is 2.49. The Morgan fingerprint density at radius 1 is 0.812 bits per heavy atom. The van der Waals surface area contributed by atoms with Gasteiger partial charge in [-0.3, -0.25) is 19.8 Å². The summed E-state index contributed by atoms with van der Waals surface area (Å²) < 4.78 is 1.50. The highest BCUT2D eigenvalue weighted by atomic mass is 79.9. The summed E-state index contributed by atoms with van der Waals surface area (Å²) in [7, 11) is 0. The molecule has 0 saturated carbocycles. The SMILES string of the molecule is Brc1ccc(Br)nn1.O=c1ccc(=O)[nH][nH]1. The molecule has 0 radical (unpaired) electrons. The number of aromatic nitrogens is 4. The summed E-state index contributed by atoms with van der Waals surface area (Å²) in [6.45, 7) is 0. The highest BCUT2D eigenvalue weighted by molar-refractivity contribution is 9.10. The van der Waals surface area contributed by atoms with E-state index < -0.39 is 0 Å². The minimum Gasteiger partial charge on any atom is -0.268 e. The van der Waals surface area contributed by atoms with Crippen molar-refractivity contribution in [3.8, 4) is 0 Å². The molecule has 8 heteroatoms. The number of halogens is 2. The summed E-state index contributed by atoms with van der Waals surface area (Å²) in [6, 6.07) is 5.96. The molecule has 2 aromatic rings. The number of hydrogen-bond donors (Lipinski definition) is 2. The number of nitrogens with zero attached hydrogens (tertiary/aromatic N) is 2. The molecule has 0 spiro atoms. The van der Waals surface area contributed by atoms with Crippen LogP contribution in [0.3, 0.4) is 0 Å². The van der Waals surface area contributed by atoms with E-state index >= 15 is 0 Å². The van der Waals surface area contributed by atoms with Crippen LogP contribution in [0.25, 0.3) is 0 Å². The maximum atomic E-state index is 10.2. The molecule has 0 aliphatic rings. The Morgan fingerprint density at radius 3 is 1.44 bits per heavy atom. The van der Waals surface area contributed by atoms with Crippen LogP contribution >= 0.6 is 31.9 Å². The van der Waals surface area contributed by atoms with Gasteiger partial charge in [-0.05, 0) is 44.0 Å². The fourth-order valence-corrected chi connectivity index (χ4v) is 1.08. The average Bonchev–Trinajstić information content (AvgIpc) is 2.28. The first-order valence-corrected chi connectivity index (χ1v) is 5.59. The molecular formula is C8H6Br2N4O2. The lowest BCUT2D eigenvalue weighted by Gasteiger charge is -1.84. The highest BCUT2D eigenvalue weighted by Gasteiger charge is 1.86. The summed E-state index contributed by atoms with van der Waals surface area (Å²) in [5.74, 6) is 0. The van der Waals surface area contributed by atoms with Crippen molar-refractivity contribution >= 4 is 31.9 Å². The number of H-pyrrole nitrogens is 2. The maximum absolute atomic E-state index is 10.2. The molecule has 2 rings (SSSR count). The summed E-state index contributed by atoms with van der Waals surface area (Å²) in [4.78, 5) is 20.4. The summed E-state index contributed by atoms with van der Waals surface area (Å²) in [6.07, 6.45) is 0. The van der Waals surface area contributed by atoms with Crippen molar-refractivity contribution in [1.29, 1.82) is 0 Å². The van der Waals surface area contributed by atoms with Gasteiger partial charge in [0.1, 0.15) is 9.21 Å². The first kappa shape index (κ1) is 12.8. The Morgan fingerprint density at radius 2 is 1.19 bits per heavy atom. The summed E-state index contributed by atoms with van der Waals surface area (Å²) in [5.41, 5.74) is -0.603. The molecule has 6 nitrogen and oxygen atoms in total. The molecule has 0 fully saturated rings. The Bertz CT molecular complexity index is 475. The van der Waals surface area contributed by atoms with E-state index in [-0.39, 0.29) is 11.1 Å². The molecular weight excluding hydrogens is 344 g/mol. The number of nitrogens with one attached hydrogen (secondary N) is 2. The van der Waals surface area contributed by atoms with E-state index in [9.17, 15) is 9.59 Å². The lowest BCUT2D eigenvalue weighted by molar-refractivity contribution is 0.952. The number of rotatable bonds is 0. The van der Waals surface area contributed by atoms with Crippen molar-refractivity contribution < 1.29 is 0 Å². The molecule has 2 N–H and O–H groups in total. The molecule has 0 amide bonds. The van der Waals surface area contributed by atoms with Crippen molar-refractivity contribution in [2.24, 2.45) is 0 Å². The van der Waals surface area contributed by atoms with Gasteiger partial charge in [0, 0.05) is 12.1 Å². The zero-order chi connectivity index (χ0) is 12.0. The van der Waals surface area contributed by atoms with Gasteiger partial charge in [0.15, 0.2) is 0 Å². The topological polar surface area (TPSA) is 91.5 Å². The standard InChI is InChI=1S/C4H2Br2N2.C4H4N2O2/c5-3-1-2-4(6)8-7-3;7-3-1-2-4(8)6-5-3/h1-2H;1-2H,(H,5,7)(H,6,8). The van der Waals surface area contributed by atoms with Crippen LogP contribution in [0, 0.1) is 0 Å². The van der Waals surface area contributed by atoms with Crippen LogP contribution in [0.15, 0.2) is 43.1 Å². The van der Waals surface area contributed by atoms with Crippen molar-refractivity contribution in [1.82, 2.24) is 20.4 Å². The van der Waals surface area contributed by atoms with E-state index in [2.05, 4.69) is 52.3 Å². The van der Waals surface area contributed by atoms with Gasteiger partial charge in [0.25, 0.3) is 11.1 Å². The molecule has 0 aromatic carbocycles. The minimum atomic E-state index is -0.301. The highest BCUT2D eigenvalue weighted by Crippen LogP contribution is 2.07. The Hall–Kier alpha value is -1.28. The zero-order valence-corrected chi connectivity index (χ0v) is 10.9. The van der Waals surface area contributed by atoms with Crippen molar-refractivity contribution in [2.75, 3.05) is 0 Å². The van der Waals surface area contributed by atoms with E-state index in [4.69, 9.17) is 0 Å². The van der Waals surface area contributed by atoms with Gasteiger partial charge >= 0.3 is 0 Å². The summed E-state index contributed by atoms with van der Waals surface area (Å²) >= 11 is 6.30. The first-order valence-electron chi connectivity index (χ1n) is 4.00. The predicted octanol–water partition coefficient (Wildman–Crippen LogP) is 1.06. The average molecular weight is 350 g/mol. The van der Waals surface area contributed by atoms with Crippen molar-refractivity contribution in [3.05, 3.63) is 54.2 Å². The molecule has 0 unspecified atom stereocenters. The monoisotopic (exact) mass is 348 g/mol. The third-order valence-corrected chi connectivity index (χ3v) is 2.14. The van der Waals surface area contributed by atoms with Gasteiger partial charge in [-0.25, -0.2) is 0 Å². The van der Waals surface area contributed by atoms with Crippen LogP contribution in [0.2, 0.25) is 0 Å². The molecule has 0 saturated heterocycles. The molecule has 16 heavy (non-hydrogen) atoms. The van der Waals surface area contributed by atoms with E-state index in [1.165, 1.54) is 12.1 Å². The van der Waals surface area contributed by atoms with Gasteiger partial charge in [0.2, 0.25) is 0 Å². The van der Waals surface area contributed by atoms with Crippen LogP contribution in [0.4, 0.5) is 0 Å². The van der Waals surface area contributed by atoms with Gasteiger partial charge in [-0.15, -0.1) is 10.2 Å². The lowest BCUT2D eigenvalue weighted by atomic mass is 10.6. The Labute approximate surface area is 106 Å². The van der Waals surface area contributed by atoms with Crippen LogP contribution in [0.1, 0.15) is 0 Å². The van der Waals surface area contributed by atoms with Crippen LogP contribution < -0.4 is 11.1 Å². The van der Waals surface area contributed by atoms with Crippen LogP contribution in [-0.2, 0) is 0 Å². The van der Waals surface area contributed by atoms with Crippen LogP contribution in [0.5, 0.6) is 0 Å². The molecule has 2 heterocycles. The fourth-order valence-electron chi connectivity index (χ4n) is 0.658. The third kappa shape index (κ3) is 4.99.